The van der Waals surface area contributed by atoms with Crippen LogP contribution in [0.15, 0.2) is 0 Å². The van der Waals surface area contributed by atoms with Gasteiger partial charge in [0.15, 0.2) is 0 Å². The summed E-state index contributed by atoms with van der Waals surface area (Å²) in [5.41, 5.74) is 0. The molecule has 2 unspecified atom stereocenters. The lowest BCUT2D eigenvalue weighted by Gasteiger charge is -1.82. The van der Waals surface area contributed by atoms with E-state index in [-0.39, 0.29) is 0 Å². The second-order valence-corrected chi connectivity index (χ2v) is 2.31. The van der Waals surface area contributed by atoms with E-state index in [0.29, 0.717) is 17.6 Å². The van der Waals surface area contributed by atoms with E-state index in [0.717, 1.165) is 5.92 Å². The van der Waals surface area contributed by atoms with Crippen molar-refractivity contribution in [3.63, 3.8) is 0 Å². The van der Waals surface area contributed by atoms with Crippen LogP contribution in [0.4, 0.5) is 0 Å². The van der Waals surface area contributed by atoms with Gasteiger partial charge in [0.1, 0.15) is 5.78 Å². The summed E-state index contributed by atoms with van der Waals surface area (Å²) in [5.74, 6) is 2.38. The van der Waals surface area contributed by atoms with Crippen molar-refractivity contribution in [2.45, 2.75) is 6.92 Å². The quantitative estimate of drug-likeness (QED) is 0.414. The van der Waals surface area contributed by atoms with Crippen LogP contribution in [-0.2, 0) is 4.79 Å². The fourth-order valence-electron chi connectivity index (χ4n) is 1.14. The van der Waals surface area contributed by atoms with E-state index >= 15 is 0 Å². The molecule has 0 amide bonds. The molecule has 0 heterocycles. The summed E-state index contributed by atoms with van der Waals surface area (Å²) in [7, 11) is 0. The van der Waals surface area contributed by atoms with Crippen LogP contribution in [0.25, 0.3) is 0 Å². The van der Waals surface area contributed by atoms with Gasteiger partial charge in [-0.2, -0.15) is 0 Å². The molecule has 0 N–H and O–H groups in total. The highest BCUT2D eigenvalue weighted by Crippen LogP contribution is 2.63. The minimum atomic E-state index is 0.516. The first-order valence-corrected chi connectivity index (χ1v) is 2.36. The standard InChI is InChI=1S/C5H6O/c1-2-3-4(2)5(3)6/h2-4H,1H3. The molecule has 2 atom stereocenters. The van der Waals surface area contributed by atoms with E-state index < -0.39 is 0 Å². The number of carbonyl (C=O) groups is 1. The average Bonchev–Trinajstić information content (AvgIpc) is 2.28. The fourth-order valence-corrected chi connectivity index (χ4v) is 1.14. The molecule has 2 aliphatic rings. The number of fused-ring (bicyclic) bond motifs is 1. The molecule has 0 bridgehead atoms. The second kappa shape index (κ2) is 0.462. The summed E-state index contributed by atoms with van der Waals surface area (Å²) in [4.78, 5) is 10.1. The normalized spacial score (nSPS) is 60.8. The van der Waals surface area contributed by atoms with Crippen LogP contribution in [0.3, 0.4) is 0 Å². The predicted molar refractivity (Wildman–Crippen MR) is 21.2 cm³/mol. The lowest BCUT2D eigenvalue weighted by Crippen LogP contribution is -1.90. The van der Waals surface area contributed by atoms with Gasteiger partial charge >= 0.3 is 0 Å². The van der Waals surface area contributed by atoms with Crippen LogP contribution in [0.2, 0.25) is 0 Å². The maximum atomic E-state index is 10.1. The SMILES string of the molecule is CC1C2C(=O)C12. The van der Waals surface area contributed by atoms with Crippen molar-refractivity contribution < 1.29 is 4.79 Å². The number of hydrogen-bond acceptors (Lipinski definition) is 1. The first-order chi connectivity index (χ1) is 2.82. The summed E-state index contributed by atoms with van der Waals surface area (Å²) in [5, 5.41) is 0. The average molecular weight is 82.1 g/mol. The van der Waals surface area contributed by atoms with E-state index in [4.69, 9.17) is 0 Å². The number of Topliss-reactive ketones (excluding diaryl/α,β-unsaturated/α-hetero) is 1. The second-order valence-electron chi connectivity index (χ2n) is 2.31. The smallest absolute Gasteiger partial charge is 0.141 e. The van der Waals surface area contributed by atoms with Gasteiger partial charge in [-0.3, -0.25) is 4.79 Å². The van der Waals surface area contributed by atoms with Crippen LogP contribution in [0, 0.1) is 17.8 Å². The molecule has 0 aromatic rings. The summed E-state index contributed by atoms with van der Waals surface area (Å²) >= 11 is 0. The molecular formula is C5H6O. The van der Waals surface area contributed by atoms with Crippen molar-refractivity contribution in [1.82, 2.24) is 0 Å². The zero-order valence-corrected chi connectivity index (χ0v) is 3.64. The van der Waals surface area contributed by atoms with Gasteiger partial charge in [-0.1, -0.05) is 6.92 Å². The van der Waals surface area contributed by atoms with Gasteiger partial charge in [0.25, 0.3) is 0 Å². The number of ketones is 1. The highest BCUT2D eigenvalue weighted by Gasteiger charge is 2.71. The molecule has 2 aliphatic carbocycles. The Morgan fingerprint density at radius 2 is 2.00 bits per heavy atom. The Morgan fingerprint density at radius 3 is 2.00 bits per heavy atom. The molecule has 2 rings (SSSR count). The van der Waals surface area contributed by atoms with E-state index in [2.05, 4.69) is 6.92 Å². The van der Waals surface area contributed by atoms with E-state index in [1.54, 1.807) is 0 Å². The van der Waals surface area contributed by atoms with Gasteiger partial charge in [0.2, 0.25) is 0 Å². The Morgan fingerprint density at radius 1 is 1.50 bits per heavy atom. The van der Waals surface area contributed by atoms with Crippen molar-refractivity contribution in [3.8, 4) is 0 Å². The van der Waals surface area contributed by atoms with Crippen molar-refractivity contribution in [3.05, 3.63) is 0 Å². The molecule has 0 saturated heterocycles. The minimum absolute atomic E-state index is 0.516. The van der Waals surface area contributed by atoms with Gasteiger partial charge in [-0.05, 0) is 5.92 Å². The summed E-state index contributed by atoms with van der Waals surface area (Å²) in [6.07, 6.45) is 0. The first-order valence-electron chi connectivity index (χ1n) is 2.36. The highest BCUT2D eigenvalue weighted by molar-refractivity contribution is 6.07. The summed E-state index contributed by atoms with van der Waals surface area (Å²) in [6.45, 7) is 2.14. The van der Waals surface area contributed by atoms with Crippen molar-refractivity contribution in [1.29, 1.82) is 0 Å². The monoisotopic (exact) mass is 82.0 g/mol. The van der Waals surface area contributed by atoms with Crippen molar-refractivity contribution >= 4 is 5.78 Å². The zero-order chi connectivity index (χ0) is 4.31. The van der Waals surface area contributed by atoms with E-state index in [9.17, 15) is 4.79 Å². The molecule has 0 spiro atoms. The van der Waals surface area contributed by atoms with Crippen molar-refractivity contribution in [2.24, 2.45) is 17.8 Å². The Balaban J connectivity index is 2.22. The maximum absolute atomic E-state index is 10.1. The third-order valence-electron chi connectivity index (χ3n) is 1.93. The molecule has 32 valence electrons. The molecule has 2 saturated carbocycles. The lowest BCUT2D eigenvalue weighted by molar-refractivity contribution is -0.115. The lowest BCUT2D eigenvalue weighted by atomic mass is 10.2. The molecular weight excluding hydrogens is 76.1 g/mol. The molecule has 1 heteroatoms. The van der Waals surface area contributed by atoms with Crippen LogP contribution < -0.4 is 0 Å². The van der Waals surface area contributed by atoms with Crippen molar-refractivity contribution in [2.75, 3.05) is 0 Å². The Bertz CT molecular complexity index is 105. The van der Waals surface area contributed by atoms with Crippen LogP contribution >= 0.6 is 0 Å². The molecule has 0 aromatic carbocycles. The van der Waals surface area contributed by atoms with Gasteiger partial charge in [-0.25, -0.2) is 0 Å². The number of carbonyl (C=O) groups excluding carboxylic acids is 1. The fraction of sp³-hybridized carbons (Fsp3) is 0.800. The van der Waals surface area contributed by atoms with E-state index in [1.165, 1.54) is 0 Å². The van der Waals surface area contributed by atoms with Gasteiger partial charge in [0, 0.05) is 11.8 Å². The Labute approximate surface area is 36.3 Å². The third kappa shape index (κ3) is 0.107. The van der Waals surface area contributed by atoms with E-state index in [1.807, 2.05) is 0 Å². The summed E-state index contributed by atoms with van der Waals surface area (Å²) < 4.78 is 0. The zero-order valence-electron chi connectivity index (χ0n) is 3.64. The highest BCUT2D eigenvalue weighted by atomic mass is 16.1. The summed E-state index contributed by atoms with van der Waals surface area (Å²) in [6, 6.07) is 0. The Hall–Kier alpha value is -0.330. The number of hydrogen-bond donors (Lipinski definition) is 0. The molecule has 0 aliphatic heterocycles. The molecule has 0 radical (unpaired) electrons. The van der Waals surface area contributed by atoms with Gasteiger partial charge in [-0.15, -0.1) is 0 Å². The molecule has 6 heavy (non-hydrogen) atoms. The molecule has 0 aromatic heterocycles. The van der Waals surface area contributed by atoms with Gasteiger partial charge < -0.3 is 0 Å². The van der Waals surface area contributed by atoms with Crippen LogP contribution in [-0.4, -0.2) is 5.78 Å². The first kappa shape index (κ1) is 2.78. The molecule has 2 fully saturated rings. The van der Waals surface area contributed by atoms with Crippen LogP contribution in [0.5, 0.6) is 0 Å². The maximum Gasteiger partial charge on any atom is 0.141 e. The Kier molecular flexibility index (Phi) is 0.214. The largest absolute Gasteiger partial charge is 0.299 e. The van der Waals surface area contributed by atoms with Gasteiger partial charge in [0.05, 0.1) is 0 Å². The predicted octanol–water partition coefficient (Wildman–Crippen LogP) is 0.451. The third-order valence-corrected chi connectivity index (χ3v) is 1.93. The topological polar surface area (TPSA) is 17.1 Å². The number of rotatable bonds is 0. The molecule has 1 nitrogen and oxygen atoms in total. The minimum Gasteiger partial charge on any atom is -0.299 e. The van der Waals surface area contributed by atoms with Crippen LogP contribution in [0.1, 0.15) is 6.92 Å².